The molecule has 8 nitrogen and oxygen atoms in total. The van der Waals surface area contributed by atoms with Crippen LogP contribution < -0.4 is 10.9 Å². The van der Waals surface area contributed by atoms with Gasteiger partial charge in [-0.05, 0) is 37.1 Å². The Morgan fingerprint density at radius 2 is 1.76 bits per heavy atom. The molecule has 0 radical (unpaired) electrons. The lowest BCUT2D eigenvalue weighted by molar-refractivity contribution is -0.127. The van der Waals surface area contributed by atoms with Crippen LogP contribution in [0.2, 0.25) is 0 Å². The first kappa shape index (κ1) is 18.7. The zero-order valence-corrected chi connectivity index (χ0v) is 15.6. The van der Waals surface area contributed by atoms with Crippen molar-refractivity contribution in [3.63, 3.8) is 0 Å². The predicted molar refractivity (Wildman–Crippen MR) is 105 cm³/mol. The molecule has 8 heteroatoms. The second kappa shape index (κ2) is 8.14. The lowest BCUT2D eigenvalue weighted by atomic mass is 9.96. The molecule has 1 saturated heterocycles. The highest BCUT2D eigenvalue weighted by atomic mass is 16.3. The van der Waals surface area contributed by atoms with Crippen molar-refractivity contribution in [1.82, 2.24) is 20.7 Å². The van der Waals surface area contributed by atoms with Crippen molar-refractivity contribution in [2.45, 2.75) is 12.8 Å². The summed E-state index contributed by atoms with van der Waals surface area (Å²) in [5, 5.41) is 0.934. The second-order valence-corrected chi connectivity index (χ2v) is 6.88. The molecule has 0 unspecified atom stereocenters. The molecule has 1 aliphatic heterocycles. The number of aromatic nitrogens is 1. The van der Waals surface area contributed by atoms with Crippen molar-refractivity contribution < 1.29 is 18.8 Å². The van der Waals surface area contributed by atoms with Crippen LogP contribution in [0.3, 0.4) is 0 Å². The summed E-state index contributed by atoms with van der Waals surface area (Å²) in [4.78, 5) is 42.9. The molecular formula is C21H20N4O4. The number of amides is 3. The minimum absolute atomic E-state index is 0.176. The SMILES string of the molecule is O=C(NNC(=O)C1CCN(C(=O)c2ccco2)CC1)c1ccc2ccccc2n1. The molecule has 29 heavy (non-hydrogen) atoms. The predicted octanol–water partition coefficient (Wildman–Crippen LogP) is 2.14. The fourth-order valence-electron chi connectivity index (χ4n) is 3.38. The normalized spacial score (nSPS) is 14.6. The average Bonchev–Trinajstić information content (AvgIpc) is 3.31. The number of rotatable bonds is 3. The van der Waals surface area contributed by atoms with Crippen LogP contribution in [-0.2, 0) is 4.79 Å². The lowest BCUT2D eigenvalue weighted by Gasteiger charge is -2.30. The molecular weight excluding hydrogens is 372 g/mol. The summed E-state index contributed by atoms with van der Waals surface area (Å²) >= 11 is 0. The van der Waals surface area contributed by atoms with E-state index in [9.17, 15) is 14.4 Å². The summed E-state index contributed by atoms with van der Waals surface area (Å²) in [6.45, 7) is 0.912. The van der Waals surface area contributed by atoms with Crippen LogP contribution in [0.1, 0.15) is 33.9 Å². The average molecular weight is 392 g/mol. The number of hydrogen-bond acceptors (Lipinski definition) is 5. The van der Waals surface area contributed by atoms with Gasteiger partial charge < -0.3 is 9.32 Å². The Kier molecular flexibility index (Phi) is 5.24. The number of furan rings is 1. The Balaban J connectivity index is 1.28. The maximum Gasteiger partial charge on any atom is 0.289 e. The van der Waals surface area contributed by atoms with E-state index in [0.717, 1.165) is 5.39 Å². The molecule has 0 atom stereocenters. The smallest absolute Gasteiger partial charge is 0.289 e. The Morgan fingerprint density at radius 3 is 2.52 bits per heavy atom. The number of carbonyl (C=O) groups excluding carboxylic acids is 3. The third kappa shape index (κ3) is 4.11. The minimum atomic E-state index is -0.477. The molecule has 0 spiro atoms. The molecule has 148 valence electrons. The summed E-state index contributed by atoms with van der Waals surface area (Å²) in [7, 11) is 0. The van der Waals surface area contributed by atoms with Gasteiger partial charge in [-0.2, -0.15) is 0 Å². The van der Waals surface area contributed by atoms with E-state index >= 15 is 0 Å². The van der Waals surface area contributed by atoms with Gasteiger partial charge in [0.2, 0.25) is 5.91 Å². The van der Waals surface area contributed by atoms with E-state index in [1.165, 1.54) is 6.26 Å². The summed E-state index contributed by atoms with van der Waals surface area (Å²) in [5.74, 6) is -0.910. The Hall–Kier alpha value is -3.68. The molecule has 2 N–H and O–H groups in total. The van der Waals surface area contributed by atoms with Crippen molar-refractivity contribution in [1.29, 1.82) is 0 Å². The van der Waals surface area contributed by atoms with Crippen molar-refractivity contribution in [3.8, 4) is 0 Å². The monoisotopic (exact) mass is 392 g/mol. The van der Waals surface area contributed by atoms with Crippen LogP contribution in [0, 0.1) is 5.92 Å². The van der Waals surface area contributed by atoms with Crippen LogP contribution >= 0.6 is 0 Å². The van der Waals surface area contributed by atoms with E-state index in [0.29, 0.717) is 37.2 Å². The third-order valence-corrected chi connectivity index (χ3v) is 5.02. The quantitative estimate of drug-likeness (QED) is 0.665. The van der Waals surface area contributed by atoms with E-state index in [2.05, 4.69) is 15.8 Å². The number of nitrogens with one attached hydrogen (secondary N) is 2. The number of likely N-dealkylation sites (tertiary alicyclic amines) is 1. The maximum atomic E-state index is 12.4. The first-order chi connectivity index (χ1) is 14.1. The summed E-state index contributed by atoms with van der Waals surface area (Å²) < 4.78 is 5.13. The van der Waals surface area contributed by atoms with E-state index in [4.69, 9.17) is 4.42 Å². The van der Waals surface area contributed by atoms with E-state index in [1.807, 2.05) is 30.3 Å². The lowest BCUT2D eigenvalue weighted by Crippen LogP contribution is -2.48. The molecule has 0 bridgehead atoms. The Labute approximate surface area is 166 Å². The van der Waals surface area contributed by atoms with E-state index in [1.54, 1.807) is 23.1 Å². The standard InChI is InChI=1S/C21H20N4O4/c26-19(15-9-11-25(12-10-15)21(28)18-6-3-13-29-18)23-24-20(27)17-8-7-14-4-1-2-5-16(14)22-17/h1-8,13,15H,9-12H2,(H,23,26)(H,24,27). The number of hydrogen-bond donors (Lipinski definition) is 2. The van der Waals surface area contributed by atoms with Crippen molar-refractivity contribution in [2.24, 2.45) is 5.92 Å². The fraction of sp³-hybridized carbons (Fsp3) is 0.238. The number of carbonyl (C=O) groups is 3. The van der Waals surface area contributed by atoms with Crippen LogP contribution in [0.4, 0.5) is 0 Å². The van der Waals surface area contributed by atoms with Crippen LogP contribution in [-0.4, -0.2) is 40.7 Å². The number of piperidine rings is 1. The molecule has 1 fully saturated rings. The molecule has 1 aromatic carbocycles. The van der Waals surface area contributed by atoms with Gasteiger partial charge in [-0.3, -0.25) is 25.2 Å². The number of fused-ring (bicyclic) bond motifs is 1. The Morgan fingerprint density at radius 1 is 0.966 bits per heavy atom. The van der Waals surface area contributed by atoms with Gasteiger partial charge >= 0.3 is 0 Å². The van der Waals surface area contributed by atoms with Gasteiger partial charge in [-0.25, -0.2) is 4.98 Å². The number of benzene rings is 1. The first-order valence-corrected chi connectivity index (χ1v) is 9.40. The van der Waals surface area contributed by atoms with Crippen LogP contribution in [0.5, 0.6) is 0 Å². The molecule has 0 aliphatic carbocycles. The third-order valence-electron chi connectivity index (χ3n) is 5.02. The number of hydrazine groups is 1. The maximum absolute atomic E-state index is 12.4. The number of para-hydroxylation sites is 1. The van der Waals surface area contributed by atoms with Crippen molar-refractivity contribution in [3.05, 3.63) is 66.2 Å². The van der Waals surface area contributed by atoms with Crippen molar-refractivity contribution in [2.75, 3.05) is 13.1 Å². The van der Waals surface area contributed by atoms with Crippen molar-refractivity contribution >= 4 is 28.6 Å². The van der Waals surface area contributed by atoms with Gasteiger partial charge in [0, 0.05) is 24.4 Å². The zero-order chi connectivity index (χ0) is 20.2. The van der Waals surface area contributed by atoms with Gasteiger partial charge in [0.15, 0.2) is 5.76 Å². The molecule has 0 saturated carbocycles. The number of nitrogens with zero attached hydrogens (tertiary/aromatic N) is 2. The largest absolute Gasteiger partial charge is 0.459 e. The zero-order valence-electron chi connectivity index (χ0n) is 15.6. The van der Waals surface area contributed by atoms with Gasteiger partial charge in [0.05, 0.1) is 11.8 Å². The topological polar surface area (TPSA) is 105 Å². The highest BCUT2D eigenvalue weighted by molar-refractivity contribution is 5.96. The van der Waals surface area contributed by atoms with Gasteiger partial charge in [-0.15, -0.1) is 0 Å². The summed E-state index contributed by atoms with van der Waals surface area (Å²) in [6, 6.07) is 14.2. The molecule has 1 aliphatic rings. The summed E-state index contributed by atoms with van der Waals surface area (Å²) in [5.41, 5.74) is 5.82. The minimum Gasteiger partial charge on any atom is -0.459 e. The van der Waals surface area contributed by atoms with E-state index in [-0.39, 0.29) is 23.4 Å². The highest BCUT2D eigenvalue weighted by Crippen LogP contribution is 2.19. The molecule has 3 amide bonds. The van der Waals surface area contributed by atoms with Crippen LogP contribution in [0.25, 0.3) is 10.9 Å². The highest BCUT2D eigenvalue weighted by Gasteiger charge is 2.29. The molecule has 3 heterocycles. The Bertz CT molecular complexity index is 1040. The first-order valence-electron chi connectivity index (χ1n) is 9.40. The molecule has 3 aromatic rings. The summed E-state index contributed by atoms with van der Waals surface area (Å²) in [6.07, 6.45) is 2.49. The van der Waals surface area contributed by atoms with Gasteiger partial charge in [-0.1, -0.05) is 24.3 Å². The second-order valence-electron chi connectivity index (χ2n) is 6.88. The molecule has 4 rings (SSSR count). The molecule has 2 aromatic heterocycles. The van der Waals surface area contributed by atoms with Gasteiger partial charge in [0.25, 0.3) is 11.8 Å². The number of pyridine rings is 1. The van der Waals surface area contributed by atoms with E-state index < -0.39 is 5.91 Å². The fourth-order valence-corrected chi connectivity index (χ4v) is 3.38. The van der Waals surface area contributed by atoms with Gasteiger partial charge in [0.1, 0.15) is 5.69 Å². The van der Waals surface area contributed by atoms with Crippen LogP contribution in [0.15, 0.2) is 59.2 Å².